The van der Waals surface area contributed by atoms with Crippen molar-refractivity contribution >= 4 is 28.8 Å². The Bertz CT molecular complexity index is 411. The summed E-state index contributed by atoms with van der Waals surface area (Å²) in [4.78, 5) is 14.8. The topological polar surface area (TPSA) is 46.3 Å². The van der Waals surface area contributed by atoms with Crippen LogP contribution < -0.4 is 5.73 Å². The van der Waals surface area contributed by atoms with Crippen LogP contribution in [0.3, 0.4) is 0 Å². The van der Waals surface area contributed by atoms with Crippen LogP contribution in [0, 0.1) is 5.41 Å². The SMILES string of the molecule is CN(Cc1ccc(Cl)s1)C(=O)CC(N)C(C)(C)C. The van der Waals surface area contributed by atoms with Crippen molar-refractivity contribution in [2.75, 3.05) is 7.05 Å². The number of amides is 1. The number of halogens is 1. The van der Waals surface area contributed by atoms with Crippen LogP contribution >= 0.6 is 22.9 Å². The summed E-state index contributed by atoms with van der Waals surface area (Å²) >= 11 is 7.36. The molecule has 1 amide bonds. The molecule has 1 rings (SSSR count). The van der Waals surface area contributed by atoms with Gasteiger partial charge in [0.2, 0.25) is 5.91 Å². The Morgan fingerprint density at radius 2 is 2.11 bits per heavy atom. The molecule has 1 atom stereocenters. The summed E-state index contributed by atoms with van der Waals surface area (Å²) in [5, 5.41) is 0. The fraction of sp³-hybridized carbons (Fsp3) is 0.615. The van der Waals surface area contributed by atoms with Crippen molar-refractivity contribution in [3.8, 4) is 0 Å². The molecule has 0 aromatic carbocycles. The van der Waals surface area contributed by atoms with Crippen molar-refractivity contribution in [1.82, 2.24) is 4.90 Å². The number of hydrogen-bond donors (Lipinski definition) is 1. The molecule has 3 nitrogen and oxygen atoms in total. The Morgan fingerprint density at radius 3 is 2.56 bits per heavy atom. The molecular weight excluding hydrogens is 268 g/mol. The lowest BCUT2D eigenvalue weighted by Crippen LogP contribution is -2.40. The third kappa shape index (κ3) is 4.59. The fourth-order valence-electron chi connectivity index (χ4n) is 1.41. The first kappa shape index (κ1) is 15.5. The van der Waals surface area contributed by atoms with Crippen LogP contribution in [0.25, 0.3) is 0 Å². The average molecular weight is 289 g/mol. The third-order valence-corrected chi connectivity index (χ3v) is 4.17. The van der Waals surface area contributed by atoms with Crippen LogP contribution in [0.5, 0.6) is 0 Å². The molecule has 0 aliphatic carbocycles. The van der Waals surface area contributed by atoms with Gasteiger partial charge in [-0.15, -0.1) is 11.3 Å². The van der Waals surface area contributed by atoms with Gasteiger partial charge < -0.3 is 10.6 Å². The Hall–Kier alpha value is -0.580. The maximum absolute atomic E-state index is 12.0. The number of rotatable bonds is 4. The fourth-order valence-corrected chi connectivity index (χ4v) is 2.55. The Labute approximate surface area is 118 Å². The highest BCUT2D eigenvalue weighted by Crippen LogP contribution is 2.23. The zero-order chi connectivity index (χ0) is 13.9. The molecule has 0 saturated carbocycles. The van der Waals surface area contributed by atoms with Gasteiger partial charge in [0.1, 0.15) is 0 Å². The van der Waals surface area contributed by atoms with Gasteiger partial charge in [-0.3, -0.25) is 4.79 Å². The number of carbonyl (C=O) groups excluding carboxylic acids is 1. The van der Waals surface area contributed by atoms with E-state index >= 15 is 0 Å². The minimum atomic E-state index is -0.126. The molecule has 0 aliphatic rings. The number of nitrogens with zero attached hydrogens (tertiary/aromatic N) is 1. The highest BCUT2D eigenvalue weighted by molar-refractivity contribution is 7.16. The second-order valence-electron chi connectivity index (χ2n) is 5.63. The van der Waals surface area contributed by atoms with Crippen LogP contribution in [0.15, 0.2) is 12.1 Å². The summed E-state index contributed by atoms with van der Waals surface area (Å²) in [5.41, 5.74) is 5.97. The van der Waals surface area contributed by atoms with Gasteiger partial charge in [-0.1, -0.05) is 32.4 Å². The Kier molecular flexibility index (Phi) is 5.20. The van der Waals surface area contributed by atoms with E-state index in [0.29, 0.717) is 13.0 Å². The average Bonchev–Trinajstić information content (AvgIpc) is 2.62. The van der Waals surface area contributed by atoms with E-state index in [9.17, 15) is 4.79 Å². The van der Waals surface area contributed by atoms with Gasteiger partial charge in [0.05, 0.1) is 10.9 Å². The van der Waals surface area contributed by atoms with Crippen molar-refractivity contribution in [2.45, 2.75) is 39.8 Å². The molecule has 2 N–H and O–H groups in total. The Balaban J connectivity index is 2.52. The lowest BCUT2D eigenvalue weighted by Gasteiger charge is -2.28. The first-order valence-electron chi connectivity index (χ1n) is 5.94. The molecule has 102 valence electrons. The van der Waals surface area contributed by atoms with E-state index in [-0.39, 0.29) is 17.4 Å². The van der Waals surface area contributed by atoms with Gasteiger partial charge in [0, 0.05) is 24.4 Å². The molecule has 0 aliphatic heterocycles. The maximum atomic E-state index is 12.0. The van der Waals surface area contributed by atoms with E-state index in [0.717, 1.165) is 9.21 Å². The minimum absolute atomic E-state index is 0.0528. The van der Waals surface area contributed by atoms with Crippen molar-refractivity contribution in [3.05, 3.63) is 21.3 Å². The van der Waals surface area contributed by atoms with Gasteiger partial charge in [0.15, 0.2) is 0 Å². The summed E-state index contributed by atoms with van der Waals surface area (Å²) in [5.74, 6) is 0.0712. The molecule has 1 aromatic heterocycles. The summed E-state index contributed by atoms with van der Waals surface area (Å²) < 4.78 is 0.747. The number of hydrogen-bond acceptors (Lipinski definition) is 3. The van der Waals surface area contributed by atoms with Crippen LogP contribution in [-0.2, 0) is 11.3 Å². The smallest absolute Gasteiger partial charge is 0.224 e. The predicted molar refractivity (Wildman–Crippen MR) is 77.9 cm³/mol. The van der Waals surface area contributed by atoms with E-state index < -0.39 is 0 Å². The van der Waals surface area contributed by atoms with Crippen molar-refractivity contribution in [2.24, 2.45) is 11.1 Å². The molecule has 1 unspecified atom stereocenters. The number of carbonyl (C=O) groups is 1. The molecule has 18 heavy (non-hydrogen) atoms. The third-order valence-electron chi connectivity index (χ3n) is 2.95. The molecule has 0 fully saturated rings. The largest absolute Gasteiger partial charge is 0.341 e. The first-order chi connectivity index (χ1) is 8.20. The standard InChI is InChI=1S/C13H21ClN2OS/c1-13(2,3)10(15)7-12(17)16(4)8-9-5-6-11(14)18-9/h5-6,10H,7-8,15H2,1-4H3. The van der Waals surface area contributed by atoms with Crippen LogP contribution in [0.1, 0.15) is 32.1 Å². The number of nitrogens with two attached hydrogens (primary N) is 1. The summed E-state index contributed by atoms with van der Waals surface area (Å²) in [6.45, 7) is 6.73. The zero-order valence-corrected chi connectivity index (χ0v) is 12.9. The molecule has 1 heterocycles. The lowest BCUT2D eigenvalue weighted by molar-refractivity contribution is -0.131. The van der Waals surface area contributed by atoms with Gasteiger partial charge in [0.25, 0.3) is 0 Å². The van der Waals surface area contributed by atoms with Crippen molar-refractivity contribution in [1.29, 1.82) is 0 Å². The molecule has 0 spiro atoms. The van der Waals surface area contributed by atoms with E-state index in [1.165, 1.54) is 11.3 Å². The van der Waals surface area contributed by atoms with E-state index in [2.05, 4.69) is 0 Å². The molecular formula is C13H21ClN2OS. The minimum Gasteiger partial charge on any atom is -0.341 e. The number of thiophene rings is 1. The van der Waals surface area contributed by atoms with Crippen molar-refractivity contribution in [3.63, 3.8) is 0 Å². The molecule has 0 bridgehead atoms. The van der Waals surface area contributed by atoms with Crippen LogP contribution in [-0.4, -0.2) is 23.9 Å². The highest BCUT2D eigenvalue weighted by Gasteiger charge is 2.24. The summed E-state index contributed by atoms with van der Waals surface area (Å²) in [6.07, 6.45) is 0.374. The molecule has 1 aromatic rings. The first-order valence-corrected chi connectivity index (χ1v) is 7.13. The monoisotopic (exact) mass is 288 g/mol. The van der Waals surface area contributed by atoms with Crippen LogP contribution in [0.4, 0.5) is 0 Å². The second-order valence-corrected chi connectivity index (χ2v) is 7.43. The maximum Gasteiger partial charge on any atom is 0.224 e. The normalized spacial score (nSPS) is 13.4. The van der Waals surface area contributed by atoms with Gasteiger partial charge in [-0.2, -0.15) is 0 Å². The van der Waals surface area contributed by atoms with E-state index in [1.54, 1.807) is 11.9 Å². The molecule has 5 heteroatoms. The Morgan fingerprint density at radius 1 is 1.50 bits per heavy atom. The summed E-state index contributed by atoms with van der Waals surface area (Å²) in [6, 6.07) is 3.67. The van der Waals surface area contributed by atoms with E-state index in [1.807, 2.05) is 32.9 Å². The highest BCUT2D eigenvalue weighted by atomic mass is 35.5. The predicted octanol–water partition coefficient (Wildman–Crippen LogP) is 3.12. The van der Waals surface area contributed by atoms with Gasteiger partial charge in [-0.25, -0.2) is 0 Å². The van der Waals surface area contributed by atoms with Gasteiger partial charge >= 0.3 is 0 Å². The molecule has 0 saturated heterocycles. The summed E-state index contributed by atoms with van der Waals surface area (Å²) in [7, 11) is 1.80. The van der Waals surface area contributed by atoms with Crippen LogP contribution in [0.2, 0.25) is 4.34 Å². The quantitative estimate of drug-likeness (QED) is 0.925. The molecule has 0 radical (unpaired) electrons. The lowest BCUT2D eigenvalue weighted by atomic mass is 9.85. The van der Waals surface area contributed by atoms with Crippen molar-refractivity contribution < 1.29 is 4.79 Å². The zero-order valence-electron chi connectivity index (χ0n) is 11.4. The second kappa shape index (κ2) is 6.04. The van der Waals surface area contributed by atoms with E-state index in [4.69, 9.17) is 17.3 Å². The van der Waals surface area contributed by atoms with Gasteiger partial charge in [-0.05, 0) is 17.5 Å².